The van der Waals surface area contributed by atoms with Gasteiger partial charge in [-0.25, -0.2) is 0 Å². The van der Waals surface area contributed by atoms with Crippen LogP contribution in [0.3, 0.4) is 0 Å². The zero-order valence-corrected chi connectivity index (χ0v) is 11.7. The number of furan rings is 1. The highest BCUT2D eigenvalue weighted by Gasteiger charge is 2.13. The Kier molecular flexibility index (Phi) is 4.38. The molecule has 0 aromatic carbocycles. The van der Waals surface area contributed by atoms with Crippen molar-refractivity contribution in [1.82, 2.24) is 15.5 Å². The molecule has 2 aromatic rings. The molecule has 18 heavy (non-hydrogen) atoms. The van der Waals surface area contributed by atoms with Crippen LogP contribution in [-0.2, 0) is 4.79 Å². The Hall–Kier alpha value is -1.34. The lowest BCUT2D eigenvalue weighted by Crippen LogP contribution is -2.27. The summed E-state index contributed by atoms with van der Waals surface area (Å²) in [6.07, 6.45) is 0. The van der Waals surface area contributed by atoms with Gasteiger partial charge in [-0.1, -0.05) is 23.1 Å². The molecule has 96 valence electrons. The molecule has 0 saturated heterocycles. The molecule has 0 fully saturated rings. The number of thioether (sulfide) groups is 1. The van der Waals surface area contributed by atoms with Crippen LogP contribution >= 0.6 is 23.1 Å². The van der Waals surface area contributed by atoms with Crippen LogP contribution in [0.5, 0.6) is 0 Å². The first-order chi connectivity index (χ1) is 8.65. The van der Waals surface area contributed by atoms with E-state index in [1.165, 1.54) is 23.1 Å². The van der Waals surface area contributed by atoms with Crippen LogP contribution in [0.2, 0.25) is 0 Å². The van der Waals surface area contributed by atoms with E-state index in [1.807, 2.05) is 26.0 Å². The number of aryl methyl sites for hydroxylation is 1. The highest BCUT2D eigenvalue weighted by atomic mass is 32.2. The average Bonchev–Trinajstić information content (AvgIpc) is 2.97. The summed E-state index contributed by atoms with van der Waals surface area (Å²) in [4.78, 5) is 11.7. The molecule has 1 atom stereocenters. The maximum atomic E-state index is 11.7. The van der Waals surface area contributed by atoms with Crippen molar-refractivity contribution in [2.24, 2.45) is 0 Å². The number of aromatic nitrogens is 2. The minimum atomic E-state index is -0.124. The highest BCUT2D eigenvalue weighted by Crippen LogP contribution is 2.19. The van der Waals surface area contributed by atoms with Gasteiger partial charge in [-0.3, -0.25) is 4.79 Å². The Morgan fingerprint density at radius 3 is 3.06 bits per heavy atom. The van der Waals surface area contributed by atoms with Crippen molar-refractivity contribution in [1.29, 1.82) is 0 Å². The number of hydrogen-bond acceptors (Lipinski definition) is 6. The van der Waals surface area contributed by atoms with Gasteiger partial charge in [0.15, 0.2) is 4.34 Å². The van der Waals surface area contributed by atoms with Crippen LogP contribution in [0.4, 0.5) is 0 Å². The summed E-state index contributed by atoms with van der Waals surface area (Å²) in [6.45, 7) is 3.77. The van der Waals surface area contributed by atoms with Crippen molar-refractivity contribution in [3.63, 3.8) is 0 Å². The van der Waals surface area contributed by atoms with E-state index in [0.29, 0.717) is 5.75 Å². The monoisotopic (exact) mass is 283 g/mol. The van der Waals surface area contributed by atoms with Crippen LogP contribution in [0.15, 0.2) is 26.4 Å². The fourth-order valence-electron chi connectivity index (χ4n) is 1.39. The predicted octanol–water partition coefficient (Wildman–Crippen LogP) is 2.41. The standard InChI is InChI=1S/C11H13N3O2S2/c1-7-3-4-9(16-7)8(2)13-10(15)5-17-11-14-12-6-18-11/h3-4,6,8H,5H2,1-2H3,(H,13,15). The lowest BCUT2D eigenvalue weighted by Gasteiger charge is -2.10. The Morgan fingerprint density at radius 2 is 2.44 bits per heavy atom. The van der Waals surface area contributed by atoms with Crippen molar-refractivity contribution in [3.8, 4) is 0 Å². The van der Waals surface area contributed by atoms with Gasteiger partial charge in [0.25, 0.3) is 0 Å². The molecule has 0 aliphatic rings. The van der Waals surface area contributed by atoms with Crippen molar-refractivity contribution >= 4 is 29.0 Å². The molecule has 1 N–H and O–H groups in total. The van der Waals surface area contributed by atoms with E-state index in [-0.39, 0.29) is 11.9 Å². The van der Waals surface area contributed by atoms with Crippen molar-refractivity contribution in [2.45, 2.75) is 24.2 Å². The smallest absolute Gasteiger partial charge is 0.231 e. The molecule has 1 amide bonds. The number of amides is 1. The summed E-state index contributed by atoms with van der Waals surface area (Å²) < 4.78 is 6.25. The number of carbonyl (C=O) groups excluding carboxylic acids is 1. The molecule has 2 rings (SSSR count). The SMILES string of the molecule is Cc1ccc(C(C)NC(=O)CSc2nncs2)o1. The molecule has 7 heteroatoms. The Labute approximate surface area is 113 Å². The molecule has 0 aliphatic carbocycles. The normalized spacial score (nSPS) is 12.3. The molecule has 2 heterocycles. The first kappa shape index (κ1) is 13.1. The number of hydrogen-bond donors (Lipinski definition) is 1. The summed E-state index contributed by atoms with van der Waals surface area (Å²) in [5.41, 5.74) is 1.65. The zero-order valence-electron chi connectivity index (χ0n) is 10.0. The molecule has 0 spiro atoms. The van der Waals surface area contributed by atoms with E-state index >= 15 is 0 Å². The summed E-state index contributed by atoms with van der Waals surface area (Å²) >= 11 is 2.81. The minimum Gasteiger partial charge on any atom is -0.464 e. The molecule has 5 nitrogen and oxygen atoms in total. The van der Waals surface area contributed by atoms with Crippen LogP contribution in [-0.4, -0.2) is 21.9 Å². The van der Waals surface area contributed by atoms with Crippen LogP contribution < -0.4 is 5.32 Å². The van der Waals surface area contributed by atoms with Crippen LogP contribution in [0, 0.1) is 6.92 Å². The predicted molar refractivity (Wildman–Crippen MR) is 70.6 cm³/mol. The summed E-state index contributed by atoms with van der Waals surface area (Å²) in [5, 5.41) is 10.4. The second-order valence-corrected chi connectivity index (χ2v) is 5.79. The van der Waals surface area contributed by atoms with Gasteiger partial charge in [0, 0.05) is 0 Å². The first-order valence-corrected chi connectivity index (χ1v) is 7.26. The third kappa shape index (κ3) is 3.58. The van der Waals surface area contributed by atoms with E-state index in [1.54, 1.807) is 5.51 Å². The third-order valence-corrected chi connectivity index (χ3v) is 4.09. The van der Waals surface area contributed by atoms with E-state index in [0.717, 1.165) is 15.9 Å². The lowest BCUT2D eigenvalue weighted by atomic mass is 10.2. The maximum absolute atomic E-state index is 11.7. The molecule has 0 radical (unpaired) electrons. The fraction of sp³-hybridized carbons (Fsp3) is 0.364. The first-order valence-electron chi connectivity index (χ1n) is 5.40. The van der Waals surface area contributed by atoms with Gasteiger partial charge >= 0.3 is 0 Å². The van der Waals surface area contributed by atoms with Crippen molar-refractivity contribution < 1.29 is 9.21 Å². The summed E-state index contributed by atoms with van der Waals surface area (Å²) in [5.74, 6) is 1.90. The fourth-order valence-corrected chi connectivity index (χ4v) is 2.69. The second kappa shape index (κ2) is 6.01. The van der Waals surface area contributed by atoms with E-state index in [2.05, 4.69) is 15.5 Å². The second-order valence-electron chi connectivity index (χ2n) is 3.73. The Balaban J connectivity index is 1.80. The molecule has 2 aromatic heterocycles. The molecule has 0 saturated carbocycles. The molecule has 0 aliphatic heterocycles. The van der Waals surface area contributed by atoms with Gasteiger partial charge in [-0.05, 0) is 26.0 Å². The Morgan fingerprint density at radius 1 is 1.61 bits per heavy atom. The number of nitrogens with one attached hydrogen (secondary N) is 1. The largest absolute Gasteiger partial charge is 0.464 e. The third-order valence-electron chi connectivity index (χ3n) is 2.23. The zero-order chi connectivity index (χ0) is 13.0. The average molecular weight is 283 g/mol. The minimum absolute atomic E-state index is 0.0447. The van der Waals surface area contributed by atoms with Crippen molar-refractivity contribution in [3.05, 3.63) is 29.2 Å². The number of carbonyl (C=O) groups is 1. The van der Waals surface area contributed by atoms with Crippen LogP contribution in [0.1, 0.15) is 24.5 Å². The molecular weight excluding hydrogens is 270 g/mol. The molecule has 1 unspecified atom stereocenters. The Bertz CT molecular complexity index is 510. The quantitative estimate of drug-likeness (QED) is 0.853. The van der Waals surface area contributed by atoms with Gasteiger partial charge in [-0.2, -0.15) is 0 Å². The van der Waals surface area contributed by atoms with Gasteiger partial charge in [-0.15, -0.1) is 10.2 Å². The molecule has 0 bridgehead atoms. The van der Waals surface area contributed by atoms with E-state index in [9.17, 15) is 4.79 Å². The number of rotatable bonds is 5. The van der Waals surface area contributed by atoms with Gasteiger partial charge < -0.3 is 9.73 Å². The number of nitrogens with zero attached hydrogens (tertiary/aromatic N) is 2. The van der Waals surface area contributed by atoms with Gasteiger partial charge in [0.1, 0.15) is 17.0 Å². The highest BCUT2D eigenvalue weighted by molar-refractivity contribution is 8.01. The van der Waals surface area contributed by atoms with Crippen LogP contribution in [0.25, 0.3) is 0 Å². The van der Waals surface area contributed by atoms with Crippen molar-refractivity contribution in [2.75, 3.05) is 5.75 Å². The van der Waals surface area contributed by atoms with E-state index < -0.39 is 0 Å². The summed E-state index contributed by atoms with van der Waals surface area (Å²) in [6, 6.07) is 3.63. The molecular formula is C11H13N3O2S2. The topological polar surface area (TPSA) is 68.0 Å². The summed E-state index contributed by atoms with van der Waals surface area (Å²) in [7, 11) is 0. The van der Waals surface area contributed by atoms with Gasteiger partial charge in [0.05, 0.1) is 11.8 Å². The maximum Gasteiger partial charge on any atom is 0.231 e. The lowest BCUT2D eigenvalue weighted by molar-refractivity contribution is -0.119. The van der Waals surface area contributed by atoms with Gasteiger partial charge in [0.2, 0.25) is 5.91 Å². The van der Waals surface area contributed by atoms with E-state index in [4.69, 9.17) is 4.42 Å².